The fraction of sp³-hybridized carbons (Fsp3) is 0.600. The zero-order valence-electron chi connectivity index (χ0n) is 11.5. The molecule has 0 atom stereocenters. The number of nitrogens with one attached hydrogen (secondary N) is 1. The van der Waals surface area contributed by atoms with Gasteiger partial charge in [-0.05, 0) is 51.0 Å². The van der Waals surface area contributed by atoms with Crippen molar-refractivity contribution in [3.8, 4) is 0 Å². The molecule has 2 rings (SSSR count). The van der Waals surface area contributed by atoms with Gasteiger partial charge < -0.3 is 10.2 Å². The Bertz CT molecular complexity index is 403. The van der Waals surface area contributed by atoms with Crippen molar-refractivity contribution in [1.82, 2.24) is 10.2 Å². The van der Waals surface area contributed by atoms with E-state index in [1.165, 1.54) is 19.0 Å². The maximum Gasteiger partial charge on any atom is 0.128 e. The Hall–Kier alpha value is -0.450. The molecule has 0 bridgehead atoms. The fourth-order valence-corrected chi connectivity index (χ4v) is 2.93. The standard InChI is InChI=1S/C15H22BrFN2/c1-2-7-19-8-5-14(6-9-19)18-11-12-3-4-13(16)10-15(12)17/h3-4,10,14,18H,2,5-9,11H2,1H3. The van der Waals surface area contributed by atoms with Crippen LogP contribution in [-0.4, -0.2) is 30.6 Å². The molecule has 0 saturated carbocycles. The van der Waals surface area contributed by atoms with Gasteiger partial charge in [-0.25, -0.2) is 4.39 Å². The summed E-state index contributed by atoms with van der Waals surface area (Å²) >= 11 is 3.28. The minimum atomic E-state index is -0.134. The zero-order valence-corrected chi connectivity index (χ0v) is 13.0. The molecule has 1 saturated heterocycles. The first kappa shape index (κ1) is 14.9. The van der Waals surface area contributed by atoms with Gasteiger partial charge in [-0.15, -0.1) is 0 Å². The van der Waals surface area contributed by atoms with Crippen LogP contribution in [0.5, 0.6) is 0 Å². The van der Waals surface area contributed by atoms with E-state index in [0.29, 0.717) is 12.6 Å². The summed E-state index contributed by atoms with van der Waals surface area (Å²) in [5.74, 6) is -0.134. The average molecular weight is 329 g/mol. The Morgan fingerprint density at radius 1 is 1.37 bits per heavy atom. The van der Waals surface area contributed by atoms with Crippen LogP contribution in [0.15, 0.2) is 22.7 Å². The number of likely N-dealkylation sites (tertiary alicyclic amines) is 1. The molecule has 106 valence electrons. The Balaban J connectivity index is 1.77. The molecule has 1 heterocycles. The first-order valence-corrected chi connectivity index (χ1v) is 7.88. The van der Waals surface area contributed by atoms with Crippen molar-refractivity contribution in [3.63, 3.8) is 0 Å². The highest BCUT2D eigenvalue weighted by molar-refractivity contribution is 9.10. The lowest BCUT2D eigenvalue weighted by Gasteiger charge is -2.32. The molecule has 2 nitrogen and oxygen atoms in total. The summed E-state index contributed by atoms with van der Waals surface area (Å²) in [6, 6.07) is 5.79. The van der Waals surface area contributed by atoms with E-state index in [9.17, 15) is 4.39 Å². The number of hydrogen-bond donors (Lipinski definition) is 1. The Labute approximate surface area is 123 Å². The third-order valence-corrected chi connectivity index (χ3v) is 4.22. The number of nitrogens with zero attached hydrogens (tertiary/aromatic N) is 1. The summed E-state index contributed by atoms with van der Waals surface area (Å²) in [7, 11) is 0. The highest BCUT2D eigenvalue weighted by atomic mass is 79.9. The van der Waals surface area contributed by atoms with Gasteiger partial charge in [0.1, 0.15) is 5.82 Å². The summed E-state index contributed by atoms with van der Waals surface area (Å²) in [4.78, 5) is 2.51. The zero-order chi connectivity index (χ0) is 13.7. The average Bonchev–Trinajstić information content (AvgIpc) is 2.40. The van der Waals surface area contributed by atoms with E-state index in [-0.39, 0.29) is 5.82 Å². The van der Waals surface area contributed by atoms with E-state index in [0.717, 1.165) is 36.0 Å². The van der Waals surface area contributed by atoms with Crippen LogP contribution in [0.3, 0.4) is 0 Å². The second-order valence-electron chi connectivity index (χ2n) is 5.23. The predicted octanol–water partition coefficient (Wildman–Crippen LogP) is 3.55. The minimum absolute atomic E-state index is 0.134. The largest absolute Gasteiger partial charge is 0.310 e. The van der Waals surface area contributed by atoms with Crippen LogP contribution in [0, 0.1) is 5.82 Å². The van der Waals surface area contributed by atoms with Gasteiger partial charge in [-0.3, -0.25) is 0 Å². The van der Waals surface area contributed by atoms with Gasteiger partial charge in [0.2, 0.25) is 0 Å². The van der Waals surface area contributed by atoms with E-state index in [1.807, 2.05) is 12.1 Å². The summed E-state index contributed by atoms with van der Waals surface area (Å²) in [5, 5.41) is 3.48. The molecule has 0 radical (unpaired) electrons. The van der Waals surface area contributed by atoms with Gasteiger partial charge in [-0.1, -0.05) is 28.9 Å². The Morgan fingerprint density at radius 3 is 2.74 bits per heavy atom. The summed E-state index contributed by atoms with van der Waals surface area (Å²) in [6.45, 7) is 6.37. The molecule has 1 aromatic carbocycles. The lowest BCUT2D eigenvalue weighted by Crippen LogP contribution is -2.42. The number of piperidine rings is 1. The van der Waals surface area contributed by atoms with Crippen LogP contribution in [0.4, 0.5) is 4.39 Å². The second kappa shape index (κ2) is 7.36. The lowest BCUT2D eigenvalue weighted by molar-refractivity contribution is 0.197. The van der Waals surface area contributed by atoms with E-state index in [2.05, 4.69) is 33.1 Å². The second-order valence-corrected chi connectivity index (χ2v) is 6.15. The fourth-order valence-electron chi connectivity index (χ4n) is 2.60. The molecule has 1 aliphatic heterocycles. The van der Waals surface area contributed by atoms with Crippen LogP contribution < -0.4 is 5.32 Å². The normalized spacial score (nSPS) is 17.8. The molecule has 1 aliphatic rings. The van der Waals surface area contributed by atoms with Crippen molar-refractivity contribution in [2.75, 3.05) is 19.6 Å². The summed E-state index contributed by atoms with van der Waals surface area (Å²) in [6.07, 6.45) is 3.55. The van der Waals surface area contributed by atoms with Gasteiger partial charge >= 0.3 is 0 Å². The minimum Gasteiger partial charge on any atom is -0.310 e. The third kappa shape index (κ3) is 4.55. The number of benzene rings is 1. The SMILES string of the molecule is CCCN1CCC(NCc2ccc(Br)cc2F)CC1. The third-order valence-electron chi connectivity index (χ3n) is 3.72. The summed E-state index contributed by atoms with van der Waals surface area (Å²) in [5.41, 5.74) is 0.749. The van der Waals surface area contributed by atoms with Crippen molar-refractivity contribution in [2.24, 2.45) is 0 Å². The molecule has 0 spiro atoms. The van der Waals surface area contributed by atoms with E-state index < -0.39 is 0 Å². The van der Waals surface area contributed by atoms with Crippen LogP contribution in [0.2, 0.25) is 0 Å². The van der Waals surface area contributed by atoms with Gasteiger partial charge in [-0.2, -0.15) is 0 Å². The quantitative estimate of drug-likeness (QED) is 0.889. The Morgan fingerprint density at radius 2 is 2.11 bits per heavy atom. The highest BCUT2D eigenvalue weighted by Gasteiger charge is 2.18. The van der Waals surface area contributed by atoms with E-state index >= 15 is 0 Å². The van der Waals surface area contributed by atoms with E-state index in [1.54, 1.807) is 0 Å². The number of halogens is 2. The van der Waals surface area contributed by atoms with Crippen molar-refractivity contribution in [2.45, 2.75) is 38.8 Å². The molecule has 0 aliphatic carbocycles. The molecule has 4 heteroatoms. The lowest BCUT2D eigenvalue weighted by atomic mass is 10.0. The smallest absolute Gasteiger partial charge is 0.128 e. The number of hydrogen-bond acceptors (Lipinski definition) is 2. The van der Waals surface area contributed by atoms with Crippen molar-refractivity contribution in [3.05, 3.63) is 34.1 Å². The van der Waals surface area contributed by atoms with Gasteiger partial charge in [0.15, 0.2) is 0 Å². The molecule has 1 aromatic rings. The van der Waals surface area contributed by atoms with Crippen LogP contribution in [-0.2, 0) is 6.54 Å². The van der Waals surface area contributed by atoms with Crippen LogP contribution in [0.1, 0.15) is 31.7 Å². The van der Waals surface area contributed by atoms with Crippen molar-refractivity contribution < 1.29 is 4.39 Å². The maximum absolute atomic E-state index is 13.7. The molecule has 0 amide bonds. The van der Waals surface area contributed by atoms with Crippen LogP contribution in [0.25, 0.3) is 0 Å². The topological polar surface area (TPSA) is 15.3 Å². The number of rotatable bonds is 5. The van der Waals surface area contributed by atoms with E-state index in [4.69, 9.17) is 0 Å². The molecule has 19 heavy (non-hydrogen) atoms. The van der Waals surface area contributed by atoms with Gasteiger partial charge in [0.25, 0.3) is 0 Å². The molecule has 0 unspecified atom stereocenters. The summed E-state index contributed by atoms with van der Waals surface area (Å²) < 4.78 is 14.5. The first-order valence-electron chi connectivity index (χ1n) is 7.08. The van der Waals surface area contributed by atoms with Gasteiger partial charge in [0.05, 0.1) is 0 Å². The molecular weight excluding hydrogens is 307 g/mol. The maximum atomic E-state index is 13.7. The highest BCUT2D eigenvalue weighted by Crippen LogP contribution is 2.16. The molecule has 1 fully saturated rings. The molecule has 0 aromatic heterocycles. The van der Waals surface area contributed by atoms with Crippen LogP contribution >= 0.6 is 15.9 Å². The Kier molecular flexibility index (Phi) is 5.79. The monoisotopic (exact) mass is 328 g/mol. The molecular formula is C15H22BrFN2. The predicted molar refractivity (Wildman–Crippen MR) is 80.7 cm³/mol. The van der Waals surface area contributed by atoms with Gasteiger partial charge in [0, 0.05) is 22.6 Å². The molecule has 1 N–H and O–H groups in total. The van der Waals surface area contributed by atoms with Crippen molar-refractivity contribution in [1.29, 1.82) is 0 Å². The van der Waals surface area contributed by atoms with Crippen molar-refractivity contribution >= 4 is 15.9 Å². The first-order chi connectivity index (χ1) is 9.19.